The van der Waals surface area contributed by atoms with Gasteiger partial charge < -0.3 is 44.3 Å². The summed E-state index contributed by atoms with van der Waals surface area (Å²) in [5.41, 5.74) is 3.68. The van der Waals surface area contributed by atoms with Gasteiger partial charge in [-0.3, -0.25) is 14.9 Å². The van der Waals surface area contributed by atoms with Gasteiger partial charge in [0.1, 0.15) is 34.2 Å². The van der Waals surface area contributed by atoms with Crippen LogP contribution in [0.5, 0.6) is 0 Å². The van der Waals surface area contributed by atoms with Crippen molar-refractivity contribution < 1.29 is 62.7 Å². The van der Waals surface area contributed by atoms with Crippen molar-refractivity contribution in [2.24, 2.45) is 35.5 Å². The fourth-order valence-corrected chi connectivity index (χ4v) is 15.9. The highest BCUT2D eigenvalue weighted by Crippen LogP contribution is 2.53. The van der Waals surface area contributed by atoms with Gasteiger partial charge in [-0.05, 0) is 189 Å². The number of alkyl carbamates (subject to hydrolysis) is 2. The first-order valence-electron chi connectivity index (χ1n) is 30.6. The average Bonchev–Trinajstić information content (AvgIpc) is 4.29. The number of nitrogens with one attached hydrogen (secondary N) is 2. The van der Waals surface area contributed by atoms with Gasteiger partial charge in [0.05, 0.1) is 18.5 Å². The summed E-state index contributed by atoms with van der Waals surface area (Å²) in [7, 11) is 2.81. The van der Waals surface area contributed by atoms with Crippen LogP contribution in [0.15, 0.2) is 18.2 Å². The van der Waals surface area contributed by atoms with Crippen LogP contribution in [0.25, 0.3) is 11.1 Å². The number of methoxy groups -OCH3 is 2. The monoisotopic (exact) mass is 1170 g/mol. The lowest BCUT2D eigenvalue weighted by Gasteiger charge is -2.40. The maximum absolute atomic E-state index is 15.6. The van der Waals surface area contributed by atoms with Crippen molar-refractivity contribution in [2.75, 3.05) is 24.0 Å². The van der Waals surface area contributed by atoms with E-state index in [1.807, 2.05) is 38.7 Å². The molecule has 0 saturated heterocycles. The molecule has 0 aliphatic heterocycles. The van der Waals surface area contributed by atoms with Crippen LogP contribution in [-0.2, 0) is 33.3 Å². The minimum Gasteiger partial charge on any atom is -0.477 e. The van der Waals surface area contributed by atoms with Crippen LogP contribution in [0.3, 0.4) is 0 Å². The highest BCUT2D eigenvalue weighted by atomic mass is 32.1. The zero-order valence-electron chi connectivity index (χ0n) is 49.6. The lowest BCUT2D eigenvalue weighted by molar-refractivity contribution is -0.144. The normalized spacial score (nSPS) is 26.8. The third-order valence-corrected chi connectivity index (χ3v) is 20.9. The fraction of sp³-hybridized carbons (Fsp3) is 0.698. The Labute approximate surface area is 492 Å². The summed E-state index contributed by atoms with van der Waals surface area (Å²) in [6, 6.07) is 0.307. The number of esters is 1. The van der Waals surface area contributed by atoms with E-state index in [2.05, 4.69) is 36.6 Å². The molecule has 2 aromatic rings. The SMILES string of the molecule is COC(=O)C(NC(=O)OC1CCC(N(C(=O)C2CCC(C)CC2)c2c(C(=O)O)sc(C3=CCCCC3)c2C2C=C(c3cc(N(C(=O)C4CCC(C)CC4)C4CCC(OC(=O)NC(OC)C(C)C)CC4)c(C(=O)O)s3)CCC2)CC1)C(C)C. The lowest BCUT2D eigenvalue weighted by atomic mass is 9.80. The van der Waals surface area contributed by atoms with E-state index in [4.69, 9.17) is 18.9 Å². The molecule has 3 unspecified atom stereocenters. The number of rotatable bonds is 19. The molecule has 452 valence electrons. The number of aromatic carboxylic acids is 2. The van der Waals surface area contributed by atoms with E-state index in [0.29, 0.717) is 100 Å². The highest BCUT2D eigenvalue weighted by molar-refractivity contribution is 7.16. The number of hydrogen-bond donors (Lipinski definition) is 4. The first-order valence-corrected chi connectivity index (χ1v) is 32.3. The molecule has 0 spiro atoms. The van der Waals surface area contributed by atoms with Crippen molar-refractivity contribution in [3.05, 3.63) is 43.3 Å². The number of carboxylic acids is 2. The Balaban J connectivity index is 1.16. The number of allylic oxidation sites excluding steroid dienone is 4. The number of ether oxygens (including phenoxy) is 4. The molecule has 4 fully saturated rings. The third kappa shape index (κ3) is 15.0. The van der Waals surface area contributed by atoms with Crippen LogP contribution >= 0.6 is 22.7 Å². The van der Waals surface area contributed by atoms with Crippen LogP contribution in [0, 0.1) is 35.5 Å². The summed E-state index contributed by atoms with van der Waals surface area (Å²) < 4.78 is 22.2. The molecule has 4 amide bonds. The molecule has 19 heteroatoms. The smallest absolute Gasteiger partial charge is 0.409 e. The fourth-order valence-electron chi connectivity index (χ4n) is 13.6. The van der Waals surface area contributed by atoms with Gasteiger partial charge in [-0.2, -0.15) is 0 Å². The second kappa shape index (κ2) is 28.5. The minimum atomic E-state index is -1.12. The van der Waals surface area contributed by atoms with Crippen molar-refractivity contribution in [3.63, 3.8) is 0 Å². The quantitative estimate of drug-likeness (QED) is 0.0584. The maximum atomic E-state index is 15.6. The molecule has 8 rings (SSSR count). The second-order valence-corrected chi connectivity index (χ2v) is 27.1. The third-order valence-electron chi connectivity index (χ3n) is 18.4. The number of carboxylic acid groups (broad SMARTS) is 2. The molecule has 17 nitrogen and oxygen atoms in total. The minimum absolute atomic E-state index is 0.0311. The Bertz CT molecular complexity index is 2660. The first kappa shape index (κ1) is 62.8. The van der Waals surface area contributed by atoms with E-state index in [9.17, 15) is 34.2 Å². The van der Waals surface area contributed by atoms with Gasteiger partial charge in [-0.15, -0.1) is 22.7 Å². The van der Waals surface area contributed by atoms with Crippen LogP contribution in [0.4, 0.5) is 21.0 Å². The largest absolute Gasteiger partial charge is 0.477 e. The summed E-state index contributed by atoms with van der Waals surface area (Å²) >= 11 is 2.44. The second-order valence-electron chi connectivity index (χ2n) is 25.1. The maximum Gasteiger partial charge on any atom is 0.409 e. The Morgan fingerprint density at radius 2 is 1.15 bits per heavy atom. The number of carbonyl (C=O) groups excluding carboxylic acids is 5. The summed E-state index contributed by atoms with van der Waals surface area (Å²) in [6.45, 7) is 11.9. The molecule has 2 heterocycles. The number of nitrogens with zero attached hydrogens (tertiary/aromatic N) is 2. The Hall–Kier alpha value is -5.27. The van der Waals surface area contributed by atoms with Gasteiger partial charge in [0.25, 0.3) is 0 Å². The van der Waals surface area contributed by atoms with E-state index in [1.165, 1.54) is 36.9 Å². The summed E-state index contributed by atoms with van der Waals surface area (Å²) in [4.78, 5) is 102. The van der Waals surface area contributed by atoms with E-state index in [1.54, 1.807) is 4.90 Å². The molecule has 82 heavy (non-hydrogen) atoms. The van der Waals surface area contributed by atoms with E-state index in [0.717, 1.165) is 97.1 Å². The van der Waals surface area contributed by atoms with Crippen molar-refractivity contribution in [1.82, 2.24) is 10.6 Å². The molecule has 4 N–H and O–H groups in total. The van der Waals surface area contributed by atoms with Crippen molar-refractivity contribution in [3.8, 4) is 0 Å². The Morgan fingerprint density at radius 3 is 1.65 bits per heavy atom. The zero-order chi connectivity index (χ0) is 58.9. The predicted octanol–water partition coefficient (Wildman–Crippen LogP) is 13.7. The topological polar surface area (TPSA) is 227 Å². The van der Waals surface area contributed by atoms with Gasteiger partial charge in [0.2, 0.25) is 11.8 Å². The molecule has 6 aliphatic carbocycles. The van der Waals surface area contributed by atoms with Crippen LogP contribution in [-0.4, -0.2) is 103 Å². The number of amides is 4. The average molecular weight is 1180 g/mol. The van der Waals surface area contributed by atoms with E-state index < -0.39 is 48.5 Å². The molecule has 6 aliphatic rings. The Morgan fingerprint density at radius 1 is 0.610 bits per heavy atom. The van der Waals surface area contributed by atoms with Crippen molar-refractivity contribution in [2.45, 2.75) is 232 Å². The van der Waals surface area contributed by atoms with Crippen LogP contribution < -0.4 is 20.4 Å². The van der Waals surface area contributed by atoms with Crippen LogP contribution in [0.1, 0.15) is 230 Å². The molecule has 0 aromatic carbocycles. The van der Waals surface area contributed by atoms with E-state index in [-0.39, 0.29) is 69.3 Å². The van der Waals surface area contributed by atoms with E-state index >= 15 is 9.59 Å². The molecule has 4 saturated carbocycles. The van der Waals surface area contributed by atoms with Gasteiger partial charge in [0, 0.05) is 52.3 Å². The number of anilines is 2. The number of thiophene rings is 2. The number of carbonyl (C=O) groups is 7. The van der Waals surface area contributed by atoms with Crippen molar-refractivity contribution in [1.29, 1.82) is 0 Å². The molecule has 3 atom stereocenters. The summed E-state index contributed by atoms with van der Waals surface area (Å²) in [5.74, 6) is -3.04. The molecule has 2 aromatic heterocycles. The first-order chi connectivity index (χ1) is 39.3. The van der Waals surface area contributed by atoms with Gasteiger partial charge in [-0.1, -0.05) is 53.7 Å². The standard InChI is InChI=1S/C63H90N4O13S2/c1-35(2)51(61(74)78-8)64-62(75)79-46-31-27-45(28-32-46)67(58(69)41-23-19-38(6)20-24-41)52-50(53(82-55(52)60(72)73)39-13-10-9-11-14-39)43-16-12-15-42(33-43)49-34-48(54(81-49)59(70)71)66(57(68)40-21-17-37(5)18-22-40)44-25-29-47(30-26-44)80-63(76)65-56(77-7)36(3)4/h13,33-38,40-41,43-47,51,56H,9-12,14-32H2,1-8H3,(H,64,75)(H,65,76)(H,70,71)(H,72,73). The van der Waals surface area contributed by atoms with Crippen LogP contribution in [0.2, 0.25) is 0 Å². The predicted molar refractivity (Wildman–Crippen MR) is 318 cm³/mol. The zero-order valence-corrected chi connectivity index (χ0v) is 51.2. The molecular weight excluding hydrogens is 1080 g/mol. The molecule has 0 bridgehead atoms. The highest BCUT2D eigenvalue weighted by Gasteiger charge is 2.44. The summed E-state index contributed by atoms with van der Waals surface area (Å²) in [5, 5.41) is 27.9. The number of hydrogen-bond acceptors (Lipinski definition) is 13. The van der Waals surface area contributed by atoms with Gasteiger partial charge >= 0.3 is 30.1 Å². The molecular formula is C63H90N4O13S2. The van der Waals surface area contributed by atoms with Crippen molar-refractivity contribution >= 4 is 87.1 Å². The molecule has 0 radical (unpaired) electrons. The lowest BCUT2D eigenvalue weighted by Crippen LogP contribution is -2.49. The van der Waals surface area contributed by atoms with Gasteiger partial charge in [0.15, 0.2) is 0 Å². The Kier molecular flexibility index (Phi) is 21.8. The summed E-state index contributed by atoms with van der Waals surface area (Å²) in [6.07, 6.45) is 17.6. The van der Waals surface area contributed by atoms with Gasteiger partial charge in [-0.25, -0.2) is 24.0 Å².